The monoisotopic (exact) mass is 551 g/mol. The lowest BCUT2D eigenvalue weighted by molar-refractivity contribution is -0.141. The van der Waals surface area contributed by atoms with Gasteiger partial charge in [0.1, 0.15) is 11.8 Å². The molecule has 0 aromatic heterocycles. The molecule has 2 aromatic rings. The third-order valence-corrected chi connectivity index (χ3v) is 7.38. The number of nitrogens with one attached hydrogen (secondary N) is 1. The Balaban J connectivity index is 2.20. The van der Waals surface area contributed by atoms with E-state index in [2.05, 4.69) is 5.32 Å². The number of nitrogens with zero attached hydrogens (tertiary/aromatic N) is 2. The van der Waals surface area contributed by atoms with Crippen LogP contribution in [-0.4, -0.2) is 57.1 Å². The summed E-state index contributed by atoms with van der Waals surface area (Å²) in [6, 6.07) is 13.4. The van der Waals surface area contributed by atoms with Crippen LogP contribution in [0.3, 0.4) is 0 Å². The first-order valence-electron chi connectivity index (χ1n) is 12.6. The Labute approximate surface area is 226 Å². The molecule has 2 rings (SSSR count). The van der Waals surface area contributed by atoms with E-state index in [9.17, 15) is 18.0 Å². The number of carbonyl (C=O) groups excluding carboxylic acids is 2. The number of amides is 2. The summed E-state index contributed by atoms with van der Waals surface area (Å²) in [5, 5.41) is 3.40. The normalized spacial score (nSPS) is 12.0. The molecule has 37 heavy (non-hydrogen) atoms. The molecule has 0 saturated heterocycles. The van der Waals surface area contributed by atoms with E-state index in [-0.39, 0.29) is 37.7 Å². The SMILES string of the molecule is CCCNC(=O)[C@H](CC)N(Cc1ccccc1Cl)C(=O)CCCN(c1ccc(OCC)cc1)S(C)(=O)=O. The Morgan fingerprint density at radius 3 is 2.30 bits per heavy atom. The standard InChI is InChI=1S/C27H38ClN3O5S/c1-5-18-29-27(33)25(6-2)30(20-21-11-8-9-12-24(21)28)26(32)13-10-19-31(37(4,34)35)22-14-16-23(17-15-22)36-7-3/h8-9,11-12,14-17,25H,5-7,10,13,18-20H2,1-4H3,(H,29,33)/t25-/m0/s1. The fourth-order valence-corrected chi connectivity index (χ4v) is 5.14. The maximum absolute atomic E-state index is 13.4. The second-order valence-corrected chi connectivity index (χ2v) is 11.0. The number of carbonyl (C=O) groups is 2. The molecule has 0 radical (unpaired) electrons. The van der Waals surface area contributed by atoms with Crippen LogP contribution in [-0.2, 0) is 26.2 Å². The predicted molar refractivity (Wildman–Crippen MR) is 148 cm³/mol. The Kier molecular flexibility index (Phi) is 12.2. The number of anilines is 1. The van der Waals surface area contributed by atoms with E-state index < -0.39 is 16.1 Å². The molecule has 1 N–H and O–H groups in total. The highest BCUT2D eigenvalue weighted by Crippen LogP contribution is 2.24. The molecule has 0 aliphatic rings. The van der Waals surface area contributed by atoms with Gasteiger partial charge in [-0.25, -0.2) is 8.42 Å². The zero-order valence-electron chi connectivity index (χ0n) is 22.1. The fourth-order valence-electron chi connectivity index (χ4n) is 3.97. The number of rotatable bonds is 15. The highest BCUT2D eigenvalue weighted by molar-refractivity contribution is 7.92. The Morgan fingerprint density at radius 2 is 1.73 bits per heavy atom. The third-order valence-electron chi connectivity index (χ3n) is 5.82. The minimum Gasteiger partial charge on any atom is -0.494 e. The molecule has 0 saturated carbocycles. The number of ether oxygens (including phenoxy) is 1. The van der Waals surface area contributed by atoms with Crippen LogP contribution in [0.4, 0.5) is 5.69 Å². The van der Waals surface area contributed by atoms with E-state index >= 15 is 0 Å². The maximum atomic E-state index is 13.4. The molecule has 0 aliphatic carbocycles. The van der Waals surface area contributed by atoms with Crippen LogP contribution < -0.4 is 14.4 Å². The van der Waals surface area contributed by atoms with E-state index in [1.807, 2.05) is 39.0 Å². The topological polar surface area (TPSA) is 96.0 Å². The van der Waals surface area contributed by atoms with Gasteiger partial charge in [0.15, 0.2) is 0 Å². The molecule has 0 aliphatic heterocycles. The molecule has 0 fully saturated rings. The van der Waals surface area contributed by atoms with Crippen LogP contribution in [0.1, 0.15) is 52.0 Å². The van der Waals surface area contributed by atoms with Crippen molar-refractivity contribution in [3.05, 3.63) is 59.1 Å². The van der Waals surface area contributed by atoms with Crippen molar-refractivity contribution in [2.24, 2.45) is 0 Å². The summed E-state index contributed by atoms with van der Waals surface area (Å²) in [6.45, 7) is 7.04. The summed E-state index contributed by atoms with van der Waals surface area (Å²) < 4.78 is 31.7. The van der Waals surface area contributed by atoms with Crippen molar-refractivity contribution in [1.82, 2.24) is 10.2 Å². The van der Waals surface area contributed by atoms with Gasteiger partial charge in [0, 0.05) is 31.1 Å². The lowest BCUT2D eigenvalue weighted by atomic mass is 10.1. The zero-order valence-corrected chi connectivity index (χ0v) is 23.6. The smallest absolute Gasteiger partial charge is 0.242 e. The van der Waals surface area contributed by atoms with Gasteiger partial charge in [-0.2, -0.15) is 0 Å². The Hall–Kier alpha value is -2.78. The molecule has 0 bridgehead atoms. The van der Waals surface area contributed by atoms with Crippen molar-refractivity contribution in [1.29, 1.82) is 0 Å². The van der Waals surface area contributed by atoms with E-state index in [4.69, 9.17) is 16.3 Å². The number of hydrogen-bond acceptors (Lipinski definition) is 5. The number of hydrogen-bond donors (Lipinski definition) is 1. The average Bonchev–Trinajstić information content (AvgIpc) is 2.86. The van der Waals surface area contributed by atoms with E-state index in [1.54, 1.807) is 35.2 Å². The van der Waals surface area contributed by atoms with Gasteiger partial charge in [-0.1, -0.05) is 43.6 Å². The summed E-state index contributed by atoms with van der Waals surface area (Å²) in [6.07, 6.45) is 2.72. The van der Waals surface area contributed by atoms with E-state index in [1.165, 1.54) is 4.31 Å². The molecule has 8 nitrogen and oxygen atoms in total. The van der Waals surface area contributed by atoms with Gasteiger partial charge >= 0.3 is 0 Å². The number of halogens is 1. The molecule has 204 valence electrons. The van der Waals surface area contributed by atoms with Gasteiger partial charge in [-0.15, -0.1) is 0 Å². The van der Waals surface area contributed by atoms with Crippen LogP contribution in [0.5, 0.6) is 5.75 Å². The Morgan fingerprint density at radius 1 is 1.05 bits per heavy atom. The summed E-state index contributed by atoms with van der Waals surface area (Å²) in [4.78, 5) is 27.9. The second kappa shape index (κ2) is 14.8. The van der Waals surface area contributed by atoms with Gasteiger partial charge in [0.25, 0.3) is 0 Å². The van der Waals surface area contributed by atoms with Gasteiger partial charge in [0.2, 0.25) is 21.8 Å². The van der Waals surface area contributed by atoms with Crippen LogP contribution in [0.2, 0.25) is 5.02 Å². The molecule has 10 heteroatoms. The van der Waals surface area contributed by atoms with Crippen LogP contribution in [0.15, 0.2) is 48.5 Å². The lowest BCUT2D eigenvalue weighted by Gasteiger charge is -2.31. The highest BCUT2D eigenvalue weighted by atomic mass is 35.5. The summed E-state index contributed by atoms with van der Waals surface area (Å²) in [5.74, 6) is 0.201. The first-order chi connectivity index (χ1) is 17.6. The second-order valence-electron chi connectivity index (χ2n) is 8.69. The van der Waals surface area contributed by atoms with Crippen LogP contribution in [0, 0.1) is 0 Å². The van der Waals surface area contributed by atoms with Crippen molar-refractivity contribution >= 4 is 39.1 Å². The lowest BCUT2D eigenvalue weighted by Crippen LogP contribution is -2.49. The maximum Gasteiger partial charge on any atom is 0.242 e. The fraction of sp³-hybridized carbons (Fsp3) is 0.481. The number of sulfonamides is 1. The van der Waals surface area contributed by atoms with E-state index in [0.29, 0.717) is 36.0 Å². The summed E-state index contributed by atoms with van der Waals surface area (Å²) in [5.41, 5.74) is 1.24. The zero-order chi connectivity index (χ0) is 27.4. The van der Waals surface area contributed by atoms with Gasteiger partial charge in [-0.3, -0.25) is 13.9 Å². The molecule has 0 spiro atoms. The van der Waals surface area contributed by atoms with Crippen LogP contribution >= 0.6 is 11.6 Å². The molecular weight excluding hydrogens is 514 g/mol. The first kappa shape index (κ1) is 30.4. The molecule has 0 heterocycles. The molecule has 2 amide bonds. The van der Waals surface area contributed by atoms with Crippen LogP contribution in [0.25, 0.3) is 0 Å². The largest absolute Gasteiger partial charge is 0.494 e. The third kappa shape index (κ3) is 9.23. The van der Waals surface area contributed by atoms with Gasteiger partial charge in [-0.05, 0) is 62.1 Å². The quantitative estimate of drug-likeness (QED) is 0.348. The molecule has 0 unspecified atom stereocenters. The van der Waals surface area contributed by atoms with Crippen molar-refractivity contribution in [3.8, 4) is 5.75 Å². The summed E-state index contributed by atoms with van der Waals surface area (Å²) >= 11 is 6.36. The van der Waals surface area contributed by atoms with Crippen molar-refractivity contribution in [3.63, 3.8) is 0 Å². The summed E-state index contributed by atoms with van der Waals surface area (Å²) in [7, 11) is -3.57. The van der Waals surface area contributed by atoms with Gasteiger partial charge < -0.3 is 15.0 Å². The predicted octanol–water partition coefficient (Wildman–Crippen LogP) is 4.62. The minimum absolute atomic E-state index is 0.0745. The Bertz CT molecular complexity index is 1130. The number of benzene rings is 2. The van der Waals surface area contributed by atoms with Crippen molar-refractivity contribution in [2.45, 2.75) is 59.0 Å². The van der Waals surface area contributed by atoms with Crippen molar-refractivity contribution in [2.75, 3.05) is 30.3 Å². The first-order valence-corrected chi connectivity index (χ1v) is 14.9. The highest BCUT2D eigenvalue weighted by Gasteiger charge is 2.29. The van der Waals surface area contributed by atoms with E-state index in [0.717, 1.165) is 18.2 Å². The minimum atomic E-state index is -3.57. The van der Waals surface area contributed by atoms with Crippen molar-refractivity contribution < 1.29 is 22.7 Å². The molecule has 2 aromatic carbocycles. The molecule has 1 atom stereocenters. The molecular formula is C27H38ClN3O5S. The average molecular weight is 552 g/mol. The van der Waals surface area contributed by atoms with Gasteiger partial charge in [0.05, 0.1) is 18.6 Å².